The van der Waals surface area contributed by atoms with E-state index in [2.05, 4.69) is 35.1 Å². The molecule has 0 aliphatic heterocycles. The van der Waals surface area contributed by atoms with Crippen LogP contribution < -0.4 is 27.0 Å². The Morgan fingerprint density at radius 1 is 0.362 bits per heavy atom. The van der Waals surface area contributed by atoms with Gasteiger partial charge in [-0.25, -0.2) is 0 Å². The van der Waals surface area contributed by atoms with Gasteiger partial charge < -0.3 is 31.9 Å². The Hall–Kier alpha value is -1.22. The largest absolute Gasteiger partial charge is 0.346 e. The summed E-state index contributed by atoms with van der Waals surface area (Å²) in [6.45, 7) is 12.2. The fraction of sp³-hybridized carbons (Fsp3) is 0.960. The molecule has 0 saturated heterocycles. The third-order valence-corrected chi connectivity index (χ3v) is 11.9. The van der Waals surface area contributed by atoms with E-state index in [0.29, 0.717) is 0 Å². The quantitative estimate of drug-likeness (QED) is 0.0391. The first-order chi connectivity index (χ1) is 28.7. The minimum Gasteiger partial charge on any atom is -0.346 e. The van der Waals surface area contributed by atoms with Gasteiger partial charge in [0.25, 0.3) is 0 Å². The van der Waals surface area contributed by atoms with Crippen molar-refractivity contribution in [2.75, 3.05) is 65.4 Å². The van der Waals surface area contributed by atoms with Gasteiger partial charge in [0.05, 0.1) is 13.1 Å². The van der Waals surface area contributed by atoms with E-state index in [0.717, 1.165) is 84.5 Å². The molecule has 2 amide bonds. The molecule has 0 radical (unpaired) electrons. The average molecular weight is 821 g/mol. The fourth-order valence-corrected chi connectivity index (χ4v) is 7.93. The second-order valence-electron chi connectivity index (χ2n) is 17.6. The van der Waals surface area contributed by atoms with E-state index < -0.39 is 0 Å². The lowest BCUT2D eigenvalue weighted by molar-refractivity contribution is -0.132. The number of nitrogens with one attached hydrogen (secondary N) is 4. The molecule has 0 bridgehead atoms. The molecule has 0 atom stereocenters. The van der Waals surface area contributed by atoms with E-state index in [1.807, 2.05) is 4.90 Å². The summed E-state index contributed by atoms with van der Waals surface area (Å²) >= 11 is 0. The van der Waals surface area contributed by atoms with Crippen molar-refractivity contribution >= 4 is 11.8 Å². The average Bonchev–Trinajstić information content (AvgIpc) is 3.23. The SMILES string of the molecule is CCCCCCCCCCCCCCCCCCN(CCCCCCCCCCCCCCCCCC)C(=O)CNC(=O)CNCCCNCCCCNCCCN. The van der Waals surface area contributed by atoms with E-state index >= 15 is 0 Å². The van der Waals surface area contributed by atoms with Crippen molar-refractivity contribution in [2.45, 2.75) is 245 Å². The topological polar surface area (TPSA) is 112 Å². The standard InChI is InChI=1S/C50H104N6O2/c1-3-5-7-9-11-13-15-17-19-21-23-25-27-29-31-35-45-56(46-36-32-30-28-26-24-22-20-18-16-14-12-10-8-6-4-2)50(58)48-55-49(57)47-54-44-38-43-53-41-34-33-40-52-42-37-39-51/h52-54H,3-48,51H2,1-2H3,(H,55,57). The third kappa shape index (κ3) is 45.9. The number of carbonyl (C=O) groups excluding carboxylic acids is 2. The van der Waals surface area contributed by atoms with E-state index in [-0.39, 0.29) is 24.9 Å². The van der Waals surface area contributed by atoms with E-state index in [4.69, 9.17) is 5.73 Å². The maximum absolute atomic E-state index is 13.3. The first-order valence-corrected chi connectivity index (χ1v) is 26.0. The van der Waals surface area contributed by atoms with Gasteiger partial charge >= 0.3 is 0 Å². The van der Waals surface area contributed by atoms with Gasteiger partial charge in [-0.2, -0.15) is 0 Å². The molecule has 0 aromatic heterocycles. The lowest BCUT2D eigenvalue weighted by Crippen LogP contribution is -2.43. The van der Waals surface area contributed by atoms with Crippen molar-refractivity contribution in [3.8, 4) is 0 Å². The van der Waals surface area contributed by atoms with Crippen molar-refractivity contribution in [3.05, 3.63) is 0 Å². The summed E-state index contributed by atoms with van der Waals surface area (Å²) in [4.78, 5) is 27.9. The second-order valence-corrected chi connectivity index (χ2v) is 17.6. The van der Waals surface area contributed by atoms with Gasteiger partial charge in [-0.3, -0.25) is 9.59 Å². The molecule has 0 heterocycles. The second kappa shape index (κ2) is 50.1. The third-order valence-electron chi connectivity index (χ3n) is 11.9. The minimum absolute atomic E-state index is 0.0778. The first-order valence-electron chi connectivity index (χ1n) is 26.0. The van der Waals surface area contributed by atoms with Crippen LogP contribution >= 0.6 is 0 Å². The molecule has 8 nitrogen and oxygen atoms in total. The zero-order valence-corrected chi connectivity index (χ0v) is 39.4. The van der Waals surface area contributed by atoms with Crippen molar-refractivity contribution in [3.63, 3.8) is 0 Å². The van der Waals surface area contributed by atoms with Crippen molar-refractivity contribution < 1.29 is 9.59 Å². The monoisotopic (exact) mass is 821 g/mol. The lowest BCUT2D eigenvalue weighted by Gasteiger charge is -2.23. The zero-order chi connectivity index (χ0) is 42.1. The normalized spacial score (nSPS) is 11.4. The Kier molecular flexibility index (Phi) is 49.1. The highest BCUT2D eigenvalue weighted by atomic mass is 16.2. The smallest absolute Gasteiger partial charge is 0.241 e. The number of nitrogens with zero attached hydrogens (tertiary/aromatic N) is 1. The van der Waals surface area contributed by atoms with Crippen LogP contribution in [0.4, 0.5) is 0 Å². The highest BCUT2D eigenvalue weighted by Crippen LogP contribution is 2.16. The molecule has 346 valence electrons. The molecule has 58 heavy (non-hydrogen) atoms. The van der Waals surface area contributed by atoms with Gasteiger partial charge in [-0.05, 0) is 77.8 Å². The van der Waals surface area contributed by atoms with Gasteiger partial charge in [-0.15, -0.1) is 0 Å². The molecule has 8 heteroatoms. The maximum atomic E-state index is 13.3. The van der Waals surface area contributed by atoms with Crippen LogP contribution in [0.15, 0.2) is 0 Å². The Labute approximate surface area is 362 Å². The van der Waals surface area contributed by atoms with E-state index in [1.165, 1.54) is 199 Å². The Balaban J connectivity index is 4.19. The predicted molar refractivity (Wildman–Crippen MR) is 255 cm³/mol. The molecular formula is C50H104N6O2. The summed E-state index contributed by atoms with van der Waals surface area (Å²) in [7, 11) is 0. The predicted octanol–water partition coefficient (Wildman–Crippen LogP) is 11.7. The van der Waals surface area contributed by atoms with E-state index in [9.17, 15) is 9.59 Å². The van der Waals surface area contributed by atoms with Crippen LogP contribution in [0.5, 0.6) is 0 Å². The fourth-order valence-electron chi connectivity index (χ4n) is 7.93. The van der Waals surface area contributed by atoms with Crippen molar-refractivity contribution in [1.29, 1.82) is 0 Å². The van der Waals surface area contributed by atoms with Gasteiger partial charge in [0, 0.05) is 13.1 Å². The Morgan fingerprint density at radius 3 is 1.03 bits per heavy atom. The van der Waals surface area contributed by atoms with Crippen LogP contribution in [-0.2, 0) is 9.59 Å². The van der Waals surface area contributed by atoms with Gasteiger partial charge in [0.15, 0.2) is 0 Å². The van der Waals surface area contributed by atoms with Crippen molar-refractivity contribution in [1.82, 2.24) is 26.2 Å². The molecule has 0 aromatic carbocycles. The summed E-state index contributed by atoms with van der Waals surface area (Å²) in [6, 6.07) is 0. The van der Waals surface area contributed by atoms with Gasteiger partial charge in [0.1, 0.15) is 0 Å². The zero-order valence-electron chi connectivity index (χ0n) is 39.4. The molecule has 6 N–H and O–H groups in total. The number of hydrogen-bond acceptors (Lipinski definition) is 6. The molecule has 0 aliphatic rings. The van der Waals surface area contributed by atoms with Crippen LogP contribution in [0.25, 0.3) is 0 Å². The Morgan fingerprint density at radius 2 is 0.672 bits per heavy atom. The first kappa shape index (κ1) is 56.8. The highest BCUT2D eigenvalue weighted by Gasteiger charge is 2.14. The van der Waals surface area contributed by atoms with Gasteiger partial charge in [-0.1, -0.05) is 206 Å². The van der Waals surface area contributed by atoms with Crippen molar-refractivity contribution in [2.24, 2.45) is 5.73 Å². The molecule has 0 aromatic rings. The summed E-state index contributed by atoms with van der Waals surface area (Å²) in [5.74, 6) is -0.0118. The molecule has 0 saturated carbocycles. The van der Waals surface area contributed by atoms with Gasteiger partial charge in [0.2, 0.25) is 11.8 Å². The number of nitrogens with two attached hydrogens (primary N) is 1. The van der Waals surface area contributed by atoms with E-state index in [1.54, 1.807) is 0 Å². The number of rotatable bonds is 50. The number of unbranched alkanes of at least 4 members (excludes halogenated alkanes) is 31. The number of carbonyl (C=O) groups is 2. The number of amides is 2. The highest BCUT2D eigenvalue weighted by molar-refractivity contribution is 5.85. The summed E-state index contributed by atoms with van der Waals surface area (Å²) in [5.41, 5.74) is 5.52. The van der Waals surface area contributed by atoms with Crippen LogP contribution in [0.3, 0.4) is 0 Å². The molecule has 0 aliphatic carbocycles. The number of hydrogen-bond donors (Lipinski definition) is 5. The van der Waals surface area contributed by atoms with Crippen LogP contribution in [-0.4, -0.2) is 82.2 Å². The van der Waals surface area contributed by atoms with Crippen LogP contribution in [0.1, 0.15) is 245 Å². The molecule has 0 unspecified atom stereocenters. The lowest BCUT2D eigenvalue weighted by atomic mass is 10.0. The molecular weight excluding hydrogens is 717 g/mol. The minimum atomic E-state index is -0.0896. The summed E-state index contributed by atoms with van der Waals surface area (Å²) < 4.78 is 0. The Bertz CT molecular complexity index is 779. The van der Waals surface area contributed by atoms with Crippen LogP contribution in [0, 0.1) is 0 Å². The molecule has 0 fully saturated rings. The maximum Gasteiger partial charge on any atom is 0.241 e. The summed E-state index contributed by atoms with van der Waals surface area (Å²) in [5, 5.41) is 13.0. The molecule has 0 spiro atoms. The summed E-state index contributed by atoms with van der Waals surface area (Å²) in [6.07, 6.45) is 47.7. The van der Waals surface area contributed by atoms with Crippen LogP contribution in [0.2, 0.25) is 0 Å². The molecule has 0 rings (SSSR count).